The zero-order chi connectivity index (χ0) is 12.0. The van der Waals surface area contributed by atoms with Gasteiger partial charge in [0.05, 0.1) is 7.11 Å². The third kappa shape index (κ3) is 3.68. The molecule has 0 aromatic carbocycles. The molecule has 16 heavy (non-hydrogen) atoms. The number of aromatic nitrogens is 3. The molecule has 0 spiro atoms. The summed E-state index contributed by atoms with van der Waals surface area (Å²) in [7, 11) is 1.33. The smallest absolute Gasteiger partial charge is 0.305 e. The summed E-state index contributed by atoms with van der Waals surface area (Å²) in [4.78, 5) is 26.0. The van der Waals surface area contributed by atoms with Gasteiger partial charge in [-0.1, -0.05) is 0 Å². The molecule has 0 aliphatic heterocycles. The van der Waals surface area contributed by atoms with Crippen LogP contribution in [-0.4, -0.2) is 40.7 Å². The molecule has 0 radical (unpaired) electrons. The van der Waals surface area contributed by atoms with Crippen LogP contribution in [0.1, 0.15) is 29.3 Å². The minimum absolute atomic E-state index is 0.107. The van der Waals surface area contributed by atoms with Crippen molar-refractivity contribution in [3.63, 3.8) is 0 Å². The molecule has 7 heteroatoms. The molecule has 0 fully saturated rings. The maximum atomic E-state index is 11.4. The van der Waals surface area contributed by atoms with Crippen LogP contribution in [-0.2, 0) is 9.53 Å². The molecule has 88 valence electrons. The number of H-pyrrole nitrogens is 1. The standard InChI is InChI=1S/C9H14N4O3/c1-6-11-8(13-12-6)9(15)10-5-3-4-7(14)16-2/h3-5H2,1-2H3,(H,10,15)(H,11,12,13). The number of hydrogen-bond donors (Lipinski definition) is 2. The van der Waals surface area contributed by atoms with E-state index in [0.717, 1.165) is 0 Å². The van der Waals surface area contributed by atoms with Crippen molar-refractivity contribution in [2.24, 2.45) is 0 Å². The summed E-state index contributed by atoms with van der Waals surface area (Å²) in [5.41, 5.74) is 0. The first kappa shape index (κ1) is 12.2. The Hall–Kier alpha value is -1.92. The van der Waals surface area contributed by atoms with Crippen LogP contribution in [0.5, 0.6) is 0 Å². The van der Waals surface area contributed by atoms with Gasteiger partial charge in [-0.2, -0.15) is 0 Å². The van der Waals surface area contributed by atoms with Gasteiger partial charge in [0.15, 0.2) is 0 Å². The monoisotopic (exact) mass is 226 g/mol. The van der Waals surface area contributed by atoms with Gasteiger partial charge in [-0.3, -0.25) is 14.7 Å². The Balaban J connectivity index is 2.23. The van der Waals surface area contributed by atoms with Gasteiger partial charge in [-0.05, 0) is 13.3 Å². The predicted molar refractivity (Wildman–Crippen MR) is 54.7 cm³/mol. The topological polar surface area (TPSA) is 97.0 Å². The molecule has 0 bridgehead atoms. The molecule has 0 saturated carbocycles. The van der Waals surface area contributed by atoms with E-state index in [1.165, 1.54) is 7.11 Å². The lowest BCUT2D eigenvalue weighted by atomic mass is 10.3. The third-order valence-electron chi connectivity index (χ3n) is 1.87. The second-order valence-electron chi connectivity index (χ2n) is 3.18. The van der Waals surface area contributed by atoms with Crippen LogP contribution in [0.4, 0.5) is 0 Å². The first-order valence-electron chi connectivity index (χ1n) is 4.87. The van der Waals surface area contributed by atoms with E-state index in [2.05, 4.69) is 25.2 Å². The van der Waals surface area contributed by atoms with Gasteiger partial charge >= 0.3 is 5.97 Å². The van der Waals surface area contributed by atoms with Crippen molar-refractivity contribution in [3.05, 3.63) is 11.6 Å². The summed E-state index contributed by atoms with van der Waals surface area (Å²) >= 11 is 0. The first-order chi connectivity index (χ1) is 7.63. The van der Waals surface area contributed by atoms with E-state index in [1.54, 1.807) is 6.92 Å². The van der Waals surface area contributed by atoms with E-state index in [-0.39, 0.29) is 24.1 Å². The molecule has 1 aromatic heterocycles. The molecule has 1 amide bonds. The maximum Gasteiger partial charge on any atom is 0.305 e. The van der Waals surface area contributed by atoms with Crippen LogP contribution < -0.4 is 5.32 Å². The molecule has 0 atom stereocenters. The third-order valence-corrected chi connectivity index (χ3v) is 1.87. The number of aryl methyl sites for hydroxylation is 1. The van der Waals surface area contributed by atoms with Crippen LogP contribution in [0, 0.1) is 6.92 Å². The average molecular weight is 226 g/mol. The minimum atomic E-state index is -0.353. The lowest BCUT2D eigenvalue weighted by Crippen LogP contribution is -2.26. The Kier molecular flexibility index (Phi) is 4.43. The number of hydrogen-bond acceptors (Lipinski definition) is 5. The zero-order valence-corrected chi connectivity index (χ0v) is 9.24. The summed E-state index contributed by atoms with van der Waals surface area (Å²) in [6.07, 6.45) is 0.811. The van der Waals surface area contributed by atoms with Crippen LogP contribution in [0.3, 0.4) is 0 Å². The minimum Gasteiger partial charge on any atom is -0.469 e. The molecule has 1 rings (SSSR count). The molecule has 1 aromatic rings. The van der Waals surface area contributed by atoms with Gasteiger partial charge < -0.3 is 10.1 Å². The number of methoxy groups -OCH3 is 1. The first-order valence-corrected chi connectivity index (χ1v) is 4.87. The summed E-state index contributed by atoms with van der Waals surface area (Å²) in [5, 5.41) is 8.88. The van der Waals surface area contributed by atoms with Crippen LogP contribution in [0.2, 0.25) is 0 Å². The highest BCUT2D eigenvalue weighted by atomic mass is 16.5. The number of rotatable bonds is 5. The second-order valence-corrected chi connectivity index (χ2v) is 3.18. The quantitative estimate of drug-likeness (QED) is 0.535. The summed E-state index contributed by atoms with van der Waals surface area (Å²) in [5.74, 6) is 0.0486. The molecule has 0 unspecified atom stereocenters. The Morgan fingerprint density at radius 3 is 2.81 bits per heavy atom. The average Bonchev–Trinajstić information content (AvgIpc) is 2.70. The van der Waals surface area contributed by atoms with Crippen molar-refractivity contribution in [1.82, 2.24) is 20.5 Å². The Morgan fingerprint density at radius 1 is 1.50 bits per heavy atom. The molecule has 0 saturated heterocycles. The fourth-order valence-corrected chi connectivity index (χ4v) is 1.06. The van der Waals surface area contributed by atoms with Crippen molar-refractivity contribution in [1.29, 1.82) is 0 Å². The number of nitrogens with zero attached hydrogens (tertiary/aromatic N) is 2. The molecular weight excluding hydrogens is 212 g/mol. The number of carbonyl (C=O) groups excluding carboxylic acids is 2. The number of nitrogens with one attached hydrogen (secondary N) is 2. The van der Waals surface area contributed by atoms with Gasteiger partial charge in [0.25, 0.3) is 5.91 Å². The van der Waals surface area contributed by atoms with E-state index in [1.807, 2.05) is 0 Å². The highest BCUT2D eigenvalue weighted by Crippen LogP contribution is 1.93. The van der Waals surface area contributed by atoms with Gasteiger partial charge in [0, 0.05) is 13.0 Å². The van der Waals surface area contributed by atoms with E-state index < -0.39 is 0 Å². The lowest BCUT2D eigenvalue weighted by Gasteiger charge is -2.01. The highest BCUT2D eigenvalue weighted by Gasteiger charge is 2.10. The SMILES string of the molecule is COC(=O)CCCNC(=O)c1n[nH]c(C)n1. The molecule has 0 aliphatic rings. The van der Waals surface area contributed by atoms with Crippen molar-refractivity contribution < 1.29 is 14.3 Å². The summed E-state index contributed by atoms with van der Waals surface area (Å²) in [6, 6.07) is 0. The van der Waals surface area contributed by atoms with Gasteiger partial charge in [0.2, 0.25) is 5.82 Å². The number of amides is 1. The molecule has 2 N–H and O–H groups in total. The van der Waals surface area contributed by atoms with Crippen molar-refractivity contribution in [2.45, 2.75) is 19.8 Å². The zero-order valence-electron chi connectivity index (χ0n) is 9.24. The number of esters is 1. The van der Waals surface area contributed by atoms with E-state index in [4.69, 9.17) is 0 Å². The van der Waals surface area contributed by atoms with Crippen LogP contribution >= 0.6 is 0 Å². The lowest BCUT2D eigenvalue weighted by molar-refractivity contribution is -0.140. The van der Waals surface area contributed by atoms with Crippen molar-refractivity contribution in [2.75, 3.05) is 13.7 Å². The summed E-state index contributed by atoms with van der Waals surface area (Å²) in [6.45, 7) is 2.10. The van der Waals surface area contributed by atoms with Crippen LogP contribution in [0.25, 0.3) is 0 Å². The van der Waals surface area contributed by atoms with Gasteiger partial charge in [0.1, 0.15) is 5.82 Å². The Bertz CT molecular complexity index is 375. The molecule has 7 nitrogen and oxygen atoms in total. The van der Waals surface area contributed by atoms with E-state index >= 15 is 0 Å². The maximum absolute atomic E-state index is 11.4. The second kappa shape index (κ2) is 5.84. The van der Waals surface area contributed by atoms with Crippen molar-refractivity contribution in [3.8, 4) is 0 Å². The van der Waals surface area contributed by atoms with E-state index in [9.17, 15) is 9.59 Å². The fraction of sp³-hybridized carbons (Fsp3) is 0.556. The number of carbonyl (C=O) groups is 2. The van der Waals surface area contributed by atoms with Gasteiger partial charge in [-0.15, -0.1) is 5.10 Å². The van der Waals surface area contributed by atoms with Crippen molar-refractivity contribution >= 4 is 11.9 Å². The largest absolute Gasteiger partial charge is 0.469 e. The van der Waals surface area contributed by atoms with E-state index in [0.29, 0.717) is 18.8 Å². The Morgan fingerprint density at radius 2 is 2.25 bits per heavy atom. The van der Waals surface area contributed by atoms with Crippen LogP contribution in [0.15, 0.2) is 0 Å². The Labute approximate surface area is 92.6 Å². The van der Waals surface area contributed by atoms with Gasteiger partial charge in [-0.25, -0.2) is 4.98 Å². The normalized spacial score (nSPS) is 9.88. The highest BCUT2D eigenvalue weighted by molar-refractivity contribution is 5.90. The molecular formula is C9H14N4O3. The predicted octanol–water partition coefficient (Wildman–Crippen LogP) is -0.204. The summed E-state index contributed by atoms with van der Waals surface area (Å²) < 4.78 is 4.46. The number of aromatic amines is 1. The molecule has 0 aliphatic carbocycles. The molecule has 1 heterocycles. The number of ether oxygens (including phenoxy) is 1. The fourth-order valence-electron chi connectivity index (χ4n) is 1.06.